The summed E-state index contributed by atoms with van der Waals surface area (Å²) in [6.45, 7) is 0. The first-order valence-electron chi connectivity index (χ1n) is 5.56. The van der Waals surface area contributed by atoms with E-state index in [2.05, 4.69) is 0 Å². The molecule has 3 N–H and O–H groups in total. The molecule has 0 fully saturated rings. The number of phenols is 1. The van der Waals surface area contributed by atoms with Crippen molar-refractivity contribution in [3.05, 3.63) is 59.4 Å². The second kappa shape index (κ2) is 5.75. The van der Waals surface area contributed by atoms with E-state index in [1.165, 1.54) is 30.0 Å². The SMILES string of the molecule is NC(=O)c1ccc(F)c(CSc2ccc(O)cc2)c1. The van der Waals surface area contributed by atoms with Crippen LogP contribution in [0.4, 0.5) is 4.39 Å². The van der Waals surface area contributed by atoms with E-state index < -0.39 is 5.91 Å². The lowest BCUT2D eigenvalue weighted by Crippen LogP contribution is -2.11. The van der Waals surface area contributed by atoms with Gasteiger partial charge in [-0.3, -0.25) is 4.79 Å². The number of nitrogens with two attached hydrogens (primary N) is 1. The Hall–Kier alpha value is -2.01. The van der Waals surface area contributed by atoms with Crippen LogP contribution in [-0.2, 0) is 5.75 Å². The highest BCUT2D eigenvalue weighted by Gasteiger charge is 2.07. The maximum Gasteiger partial charge on any atom is 0.248 e. The van der Waals surface area contributed by atoms with Crippen molar-refractivity contribution in [1.82, 2.24) is 0 Å². The molecule has 0 aliphatic rings. The lowest BCUT2D eigenvalue weighted by atomic mass is 10.1. The molecule has 0 atom stereocenters. The number of primary amides is 1. The van der Waals surface area contributed by atoms with Crippen molar-refractivity contribution in [1.29, 1.82) is 0 Å². The maximum absolute atomic E-state index is 13.6. The molecule has 2 rings (SSSR count). The minimum Gasteiger partial charge on any atom is -0.508 e. The Bertz CT molecular complexity index is 599. The first-order chi connectivity index (χ1) is 9.06. The first kappa shape index (κ1) is 13.4. The van der Waals surface area contributed by atoms with Crippen LogP contribution in [0.3, 0.4) is 0 Å². The number of benzene rings is 2. The van der Waals surface area contributed by atoms with Crippen LogP contribution in [0.15, 0.2) is 47.4 Å². The zero-order chi connectivity index (χ0) is 13.8. The van der Waals surface area contributed by atoms with Gasteiger partial charge >= 0.3 is 0 Å². The molecular formula is C14H12FNO2S. The monoisotopic (exact) mass is 277 g/mol. The van der Waals surface area contributed by atoms with E-state index in [0.29, 0.717) is 16.9 Å². The fraction of sp³-hybridized carbons (Fsp3) is 0.0714. The molecule has 0 aliphatic carbocycles. The lowest BCUT2D eigenvalue weighted by Gasteiger charge is -2.05. The summed E-state index contributed by atoms with van der Waals surface area (Å²) in [5.74, 6) is -0.365. The summed E-state index contributed by atoms with van der Waals surface area (Å²) in [6, 6.07) is 10.7. The minimum atomic E-state index is -0.573. The van der Waals surface area contributed by atoms with Crippen molar-refractivity contribution < 1.29 is 14.3 Å². The van der Waals surface area contributed by atoms with E-state index in [1.54, 1.807) is 24.3 Å². The maximum atomic E-state index is 13.6. The highest BCUT2D eigenvalue weighted by Crippen LogP contribution is 2.26. The average Bonchev–Trinajstić information content (AvgIpc) is 2.39. The Morgan fingerprint density at radius 2 is 1.89 bits per heavy atom. The predicted octanol–water partition coefficient (Wildman–Crippen LogP) is 2.92. The summed E-state index contributed by atoms with van der Waals surface area (Å²) in [7, 11) is 0. The van der Waals surface area contributed by atoms with Gasteiger partial charge in [0, 0.05) is 16.2 Å². The number of thioether (sulfide) groups is 1. The second-order valence-electron chi connectivity index (χ2n) is 3.95. The number of hydrogen-bond acceptors (Lipinski definition) is 3. The van der Waals surface area contributed by atoms with Gasteiger partial charge in [-0.1, -0.05) is 0 Å². The number of aromatic hydroxyl groups is 1. The summed E-state index contributed by atoms with van der Waals surface area (Å²) in [4.78, 5) is 11.9. The number of carbonyl (C=O) groups excluding carboxylic acids is 1. The number of hydrogen-bond donors (Lipinski definition) is 2. The number of halogens is 1. The molecule has 0 saturated heterocycles. The Morgan fingerprint density at radius 3 is 2.53 bits per heavy atom. The highest BCUT2D eigenvalue weighted by atomic mass is 32.2. The van der Waals surface area contributed by atoms with E-state index in [4.69, 9.17) is 10.8 Å². The number of rotatable bonds is 4. The number of amides is 1. The van der Waals surface area contributed by atoms with Crippen molar-refractivity contribution in [2.75, 3.05) is 0 Å². The van der Waals surface area contributed by atoms with Gasteiger partial charge in [-0.2, -0.15) is 0 Å². The third-order valence-corrected chi connectivity index (χ3v) is 3.62. The fourth-order valence-electron chi connectivity index (χ4n) is 1.54. The molecule has 0 bridgehead atoms. The van der Waals surface area contributed by atoms with Crippen molar-refractivity contribution in [3.8, 4) is 5.75 Å². The topological polar surface area (TPSA) is 63.3 Å². The number of carbonyl (C=O) groups is 1. The third-order valence-electron chi connectivity index (χ3n) is 2.56. The molecule has 19 heavy (non-hydrogen) atoms. The van der Waals surface area contributed by atoms with Crippen LogP contribution in [0.5, 0.6) is 5.75 Å². The van der Waals surface area contributed by atoms with Gasteiger partial charge in [-0.15, -0.1) is 11.8 Å². The molecule has 2 aromatic rings. The van der Waals surface area contributed by atoms with Crippen LogP contribution in [0.25, 0.3) is 0 Å². The van der Waals surface area contributed by atoms with Crippen LogP contribution in [-0.4, -0.2) is 11.0 Å². The van der Waals surface area contributed by atoms with Gasteiger partial charge in [0.05, 0.1) is 0 Å². The van der Waals surface area contributed by atoms with Gasteiger partial charge in [0.2, 0.25) is 5.91 Å². The molecule has 0 aliphatic heterocycles. The Morgan fingerprint density at radius 1 is 1.21 bits per heavy atom. The summed E-state index contributed by atoms with van der Waals surface area (Å²) in [5, 5.41) is 9.16. The van der Waals surface area contributed by atoms with Gasteiger partial charge in [0.25, 0.3) is 0 Å². The zero-order valence-electron chi connectivity index (χ0n) is 9.97. The fourth-order valence-corrected chi connectivity index (χ4v) is 2.41. The number of phenolic OH excluding ortho intramolecular Hbond substituents is 1. The van der Waals surface area contributed by atoms with Crippen LogP contribution in [0.1, 0.15) is 15.9 Å². The van der Waals surface area contributed by atoms with Crippen molar-refractivity contribution in [2.45, 2.75) is 10.6 Å². The van der Waals surface area contributed by atoms with Crippen LogP contribution in [0, 0.1) is 5.82 Å². The summed E-state index contributed by atoms with van der Waals surface area (Å²) >= 11 is 1.41. The van der Waals surface area contributed by atoms with Crippen molar-refractivity contribution >= 4 is 17.7 Å². The molecule has 0 spiro atoms. The predicted molar refractivity (Wildman–Crippen MR) is 72.6 cm³/mol. The minimum absolute atomic E-state index is 0.186. The average molecular weight is 277 g/mol. The van der Waals surface area contributed by atoms with Crippen LogP contribution in [0.2, 0.25) is 0 Å². The Kier molecular flexibility index (Phi) is 4.06. The standard InChI is InChI=1S/C14H12FNO2S/c15-13-6-1-9(14(16)18)7-10(13)8-19-12-4-2-11(17)3-5-12/h1-7,17H,8H2,(H2,16,18). The van der Waals surface area contributed by atoms with E-state index in [9.17, 15) is 9.18 Å². The quantitative estimate of drug-likeness (QED) is 0.845. The molecule has 0 aromatic heterocycles. The largest absolute Gasteiger partial charge is 0.508 e. The molecule has 2 aromatic carbocycles. The molecule has 0 radical (unpaired) electrons. The van der Waals surface area contributed by atoms with E-state index in [0.717, 1.165) is 4.90 Å². The summed E-state index contributed by atoms with van der Waals surface area (Å²) < 4.78 is 13.6. The normalized spacial score (nSPS) is 10.4. The molecule has 0 unspecified atom stereocenters. The van der Waals surface area contributed by atoms with Gasteiger partial charge in [0.1, 0.15) is 11.6 Å². The Balaban J connectivity index is 2.12. The lowest BCUT2D eigenvalue weighted by molar-refractivity contribution is 0.1000. The molecule has 0 saturated carbocycles. The van der Waals surface area contributed by atoms with Gasteiger partial charge < -0.3 is 10.8 Å². The van der Waals surface area contributed by atoms with E-state index in [1.807, 2.05) is 0 Å². The molecule has 5 heteroatoms. The van der Waals surface area contributed by atoms with Gasteiger partial charge in [-0.05, 0) is 48.0 Å². The molecule has 1 amide bonds. The van der Waals surface area contributed by atoms with Gasteiger partial charge in [0.15, 0.2) is 0 Å². The molecule has 98 valence electrons. The smallest absolute Gasteiger partial charge is 0.248 e. The van der Waals surface area contributed by atoms with E-state index in [-0.39, 0.29) is 11.6 Å². The summed E-state index contributed by atoms with van der Waals surface area (Å²) in [6.07, 6.45) is 0. The van der Waals surface area contributed by atoms with Crippen LogP contribution >= 0.6 is 11.8 Å². The Labute approximate surface area is 114 Å². The van der Waals surface area contributed by atoms with Crippen molar-refractivity contribution in [2.24, 2.45) is 5.73 Å². The molecular weight excluding hydrogens is 265 g/mol. The zero-order valence-corrected chi connectivity index (χ0v) is 10.8. The highest BCUT2D eigenvalue weighted by molar-refractivity contribution is 7.98. The third kappa shape index (κ3) is 3.48. The molecule has 0 heterocycles. The second-order valence-corrected chi connectivity index (χ2v) is 5.00. The molecule has 3 nitrogen and oxygen atoms in total. The first-order valence-corrected chi connectivity index (χ1v) is 6.55. The van der Waals surface area contributed by atoms with E-state index >= 15 is 0 Å². The van der Waals surface area contributed by atoms with Gasteiger partial charge in [-0.25, -0.2) is 4.39 Å². The summed E-state index contributed by atoms with van der Waals surface area (Å²) in [5.41, 5.74) is 5.88. The van der Waals surface area contributed by atoms with Crippen LogP contribution < -0.4 is 5.73 Å². The van der Waals surface area contributed by atoms with Crippen molar-refractivity contribution in [3.63, 3.8) is 0 Å².